The number of carbonyl (C=O) groups is 2. The van der Waals surface area contributed by atoms with E-state index in [0.29, 0.717) is 10.9 Å². The Morgan fingerprint density at radius 1 is 1.12 bits per heavy atom. The van der Waals surface area contributed by atoms with E-state index < -0.39 is 0 Å². The number of anilines is 1. The number of hydrogen-bond acceptors (Lipinski definition) is 7. The second kappa shape index (κ2) is 10.8. The highest BCUT2D eigenvalue weighted by Crippen LogP contribution is 2.24. The van der Waals surface area contributed by atoms with Crippen LogP contribution in [0.3, 0.4) is 0 Å². The summed E-state index contributed by atoms with van der Waals surface area (Å²) < 4.78 is 5.63. The standard InChI is InChI=1S/C23H25N5O3S/c29-21(28-23-27-20(15-32-23)17-4-8-24-9-5-17)13-16-2-1-3-19(12-16)31-14-22(30)26-18-6-10-25-11-7-18/h1-5,8-9,12,15,18,25H,6-7,10-11,13-14H2,(H,26,30)(H,27,28,29). The fourth-order valence-electron chi connectivity index (χ4n) is 3.46. The molecule has 0 saturated carbocycles. The van der Waals surface area contributed by atoms with E-state index in [1.165, 1.54) is 11.3 Å². The molecule has 0 atom stereocenters. The Morgan fingerprint density at radius 3 is 2.75 bits per heavy atom. The summed E-state index contributed by atoms with van der Waals surface area (Å²) in [5.41, 5.74) is 2.54. The van der Waals surface area contributed by atoms with Crippen molar-refractivity contribution in [3.8, 4) is 17.0 Å². The van der Waals surface area contributed by atoms with E-state index in [4.69, 9.17) is 4.74 Å². The molecular formula is C23H25N5O3S. The molecule has 0 spiro atoms. The molecule has 32 heavy (non-hydrogen) atoms. The number of thiazole rings is 1. The van der Waals surface area contributed by atoms with E-state index in [1.807, 2.05) is 29.6 Å². The van der Waals surface area contributed by atoms with Gasteiger partial charge in [0.25, 0.3) is 5.91 Å². The van der Waals surface area contributed by atoms with E-state index >= 15 is 0 Å². The molecule has 1 fully saturated rings. The number of carbonyl (C=O) groups excluding carboxylic acids is 2. The molecule has 2 amide bonds. The lowest BCUT2D eigenvalue weighted by Gasteiger charge is -2.23. The lowest BCUT2D eigenvalue weighted by molar-refractivity contribution is -0.124. The Hall–Kier alpha value is -3.30. The molecule has 3 N–H and O–H groups in total. The molecule has 3 heterocycles. The van der Waals surface area contributed by atoms with Gasteiger partial charge in [0.1, 0.15) is 5.75 Å². The second-order valence-electron chi connectivity index (χ2n) is 7.53. The maximum Gasteiger partial charge on any atom is 0.258 e. The molecule has 2 aromatic heterocycles. The van der Waals surface area contributed by atoms with Gasteiger partial charge in [0.05, 0.1) is 12.1 Å². The molecule has 4 rings (SSSR count). The van der Waals surface area contributed by atoms with Crippen molar-refractivity contribution < 1.29 is 14.3 Å². The number of aromatic nitrogens is 2. The summed E-state index contributed by atoms with van der Waals surface area (Å²) in [7, 11) is 0. The lowest BCUT2D eigenvalue weighted by atomic mass is 10.1. The number of nitrogens with one attached hydrogen (secondary N) is 3. The summed E-state index contributed by atoms with van der Waals surface area (Å²) >= 11 is 1.38. The normalized spacial score (nSPS) is 14.0. The minimum absolute atomic E-state index is 0.0452. The Bertz CT molecular complexity index is 1050. The van der Waals surface area contributed by atoms with Crippen LogP contribution in [0.2, 0.25) is 0 Å². The fraction of sp³-hybridized carbons (Fsp3) is 0.304. The van der Waals surface area contributed by atoms with Crippen LogP contribution in [0.25, 0.3) is 11.3 Å². The molecule has 0 radical (unpaired) electrons. The molecule has 8 nitrogen and oxygen atoms in total. The SMILES string of the molecule is O=C(Cc1cccc(OCC(=O)NC2CCNCC2)c1)Nc1nc(-c2ccncc2)cs1. The number of piperidine rings is 1. The number of pyridine rings is 1. The van der Waals surface area contributed by atoms with Crippen molar-refractivity contribution in [2.45, 2.75) is 25.3 Å². The average molecular weight is 452 g/mol. The zero-order chi connectivity index (χ0) is 22.2. The van der Waals surface area contributed by atoms with E-state index in [2.05, 4.69) is 25.9 Å². The maximum absolute atomic E-state index is 12.5. The Balaban J connectivity index is 1.26. The van der Waals surface area contributed by atoms with Gasteiger partial charge in [0, 0.05) is 29.4 Å². The van der Waals surface area contributed by atoms with E-state index in [0.717, 1.165) is 42.8 Å². The molecule has 3 aromatic rings. The minimum atomic E-state index is -0.165. The smallest absolute Gasteiger partial charge is 0.258 e. The quantitative estimate of drug-likeness (QED) is 0.486. The van der Waals surface area contributed by atoms with Gasteiger partial charge in [-0.05, 0) is 55.8 Å². The number of rotatable bonds is 8. The van der Waals surface area contributed by atoms with Gasteiger partial charge in [0.15, 0.2) is 11.7 Å². The number of nitrogens with zero attached hydrogens (tertiary/aromatic N) is 2. The molecule has 0 aliphatic carbocycles. The number of amides is 2. The van der Waals surface area contributed by atoms with Gasteiger partial charge in [-0.3, -0.25) is 14.6 Å². The molecule has 1 aliphatic heterocycles. The van der Waals surface area contributed by atoms with E-state index in [-0.39, 0.29) is 30.9 Å². The zero-order valence-corrected chi connectivity index (χ0v) is 18.4. The van der Waals surface area contributed by atoms with Crippen molar-refractivity contribution in [1.82, 2.24) is 20.6 Å². The highest BCUT2D eigenvalue weighted by atomic mass is 32.1. The summed E-state index contributed by atoms with van der Waals surface area (Å²) in [6.07, 6.45) is 5.46. The largest absolute Gasteiger partial charge is 0.484 e. The third kappa shape index (κ3) is 6.35. The Morgan fingerprint density at radius 2 is 1.94 bits per heavy atom. The van der Waals surface area contributed by atoms with Gasteiger partial charge >= 0.3 is 0 Å². The van der Waals surface area contributed by atoms with Crippen LogP contribution in [-0.4, -0.2) is 47.5 Å². The van der Waals surface area contributed by atoms with Crippen LogP contribution in [0.15, 0.2) is 54.2 Å². The van der Waals surface area contributed by atoms with Crippen molar-refractivity contribution >= 4 is 28.3 Å². The monoisotopic (exact) mass is 451 g/mol. The predicted octanol–water partition coefficient (Wildman–Crippen LogP) is 2.63. The summed E-state index contributed by atoms with van der Waals surface area (Å²) in [5, 5.41) is 11.6. The molecule has 9 heteroatoms. The highest BCUT2D eigenvalue weighted by Gasteiger charge is 2.15. The van der Waals surface area contributed by atoms with Crippen molar-refractivity contribution in [2.75, 3.05) is 25.0 Å². The minimum Gasteiger partial charge on any atom is -0.484 e. The van der Waals surface area contributed by atoms with E-state index in [9.17, 15) is 9.59 Å². The first-order valence-corrected chi connectivity index (χ1v) is 11.4. The van der Waals surface area contributed by atoms with Gasteiger partial charge < -0.3 is 20.7 Å². The fourth-order valence-corrected chi connectivity index (χ4v) is 4.20. The van der Waals surface area contributed by atoms with Crippen LogP contribution in [0.1, 0.15) is 18.4 Å². The van der Waals surface area contributed by atoms with Gasteiger partial charge in [-0.1, -0.05) is 12.1 Å². The molecule has 1 aliphatic rings. The van der Waals surface area contributed by atoms with Crippen molar-refractivity contribution in [3.05, 3.63) is 59.7 Å². The molecule has 1 saturated heterocycles. The van der Waals surface area contributed by atoms with E-state index in [1.54, 1.807) is 24.5 Å². The summed E-state index contributed by atoms with van der Waals surface area (Å²) in [5.74, 6) is 0.264. The predicted molar refractivity (Wildman–Crippen MR) is 124 cm³/mol. The van der Waals surface area contributed by atoms with Crippen molar-refractivity contribution in [2.24, 2.45) is 0 Å². The van der Waals surface area contributed by atoms with Crippen LogP contribution < -0.4 is 20.7 Å². The van der Waals surface area contributed by atoms with Gasteiger partial charge in [-0.2, -0.15) is 0 Å². The topological polar surface area (TPSA) is 105 Å². The van der Waals surface area contributed by atoms with Crippen LogP contribution >= 0.6 is 11.3 Å². The number of ether oxygens (including phenoxy) is 1. The molecule has 0 unspecified atom stereocenters. The first kappa shape index (κ1) is 21.9. The molecule has 1 aromatic carbocycles. The summed E-state index contributed by atoms with van der Waals surface area (Å²) in [4.78, 5) is 33.0. The zero-order valence-electron chi connectivity index (χ0n) is 17.5. The van der Waals surface area contributed by atoms with Crippen LogP contribution in [-0.2, 0) is 16.0 Å². The van der Waals surface area contributed by atoms with Gasteiger partial charge in [0.2, 0.25) is 5.91 Å². The van der Waals surface area contributed by atoms with Crippen LogP contribution in [0.5, 0.6) is 5.75 Å². The van der Waals surface area contributed by atoms with Crippen LogP contribution in [0, 0.1) is 0 Å². The Labute approximate surface area is 190 Å². The van der Waals surface area contributed by atoms with Gasteiger partial charge in [-0.15, -0.1) is 11.3 Å². The number of benzene rings is 1. The number of hydrogen-bond donors (Lipinski definition) is 3. The van der Waals surface area contributed by atoms with Crippen molar-refractivity contribution in [3.63, 3.8) is 0 Å². The lowest BCUT2D eigenvalue weighted by Crippen LogP contribution is -2.44. The molecule has 0 bridgehead atoms. The van der Waals surface area contributed by atoms with Crippen molar-refractivity contribution in [1.29, 1.82) is 0 Å². The van der Waals surface area contributed by atoms with Gasteiger partial charge in [-0.25, -0.2) is 4.98 Å². The summed E-state index contributed by atoms with van der Waals surface area (Å²) in [6.45, 7) is 1.79. The first-order valence-electron chi connectivity index (χ1n) is 10.5. The summed E-state index contributed by atoms with van der Waals surface area (Å²) in [6, 6.07) is 11.2. The third-order valence-electron chi connectivity index (χ3n) is 5.06. The van der Waals surface area contributed by atoms with Crippen LogP contribution in [0.4, 0.5) is 5.13 Å². The molecule has 166 valence electrons. The first-order chi connectivity index (χ1) is 15.7. The highest BCUT2D eigenvalue weighted by molar-refractivity contribution is 7.14. The Kier molecular flexibility index (Phi) is 7.42. The maximum atomic E-state index is 12.5. The third-order valence-corrected chi connectivity index (χ3v) is 5.82. The average Bonchev–Trinajstić information content (AvgIpc) is 3.27. The molecular weight excluding hydrogens is 426 g/mol. The second-order valence-corrected chi connectivity index (χ2v) is 8.38.